The second kappa shape index (κ2) is 6.26. The molecule has 24 heavy (non-hydrogen) atoms. The van der Waals surface area contributed by atoms with Crippen molar-refractivity contribution in [1.29, 1.82) is 0 Å². The zero-order valence-electron chi connectivity index (χ0n) is 13.9. The van der Waals surface area contributed by atoms with Gasteiger partial charge >= 0.3 is 0 Å². The van der Waals surface area contributed by atoms with Crippen molar-refractivity contribution in [1.82, 2.24) is 19.9 Å². The first-order chi connectivity index (χ1) is 11.7. The molecule has 2 aromatic rings. The molecule has 0 bridgehead atoms. The molecule has 2 aliphatic rings. The molecule has 6 heteroatoms. The zero-order chi connectivity index (χ0) is 16.5. The Bertz CT molecular complexity index is 715. The van der Waals surface area contributed by atoms with Crippen molar-refractivity contribution in [2.45, 2.75) is 38.1 Å². The maximum absolute atomic E-state index is 12.4. The van der Waals surface area contributed by atoms with E-state index in [1.54, 1.807) is 0 Å². The fourth-order valence-corrected chi connectivity index (χ4v) is 3.02. The van der Waals surface area contributed by atoms with Gasteiger partial charge in [0.2, 0.25) is 5.91 Å². The van der Waals surface area contributed by atoms with E-state index in [0.717, 1.165) is 30.1 Å². The molecule has 1 amide bonds. The second-order valence-corrected chi connectivity index (χ2v) is 6.60. The van der Waals surface area contributed by atoms with Gasteiger partial charge in [-0.3, -0.25) is 4.79 Å². The average molecular weight is 326 g/mol. The van der Waals surface area contributed by atoms with Gasteiger partial charge < -0.3 is 9.64 Å². The Balaban J connectivity index is 1.28. The highest BCUT2D eigenvalue weighted by molar-refractivity contribution is 5.79. The number of ether oxygens (including phenoxy) is 1. The van der Waals surface area contributed by atoms with E-state index in [9.17, 15) is 4.79 Å². The van der Waals surface area contributed by atoms with Crippen molar-refractivity contribution in [2.75, 3.05) is 19.7 Å². The highest BCUT2D eigenvalue weighted by Gasteiger charge is 2.34. The minimum atomic E-state index is 0.165. The fraction of sp³-hybridized carbons (Fsp3) is 0.500. The molecule has 0 N–H and O–H groups in total. The van der Waals surface area contributed by atoms with E-state index in [1.807, 2.05) is 40.8 Å². The number of carbonyl (C=O) groups excluding carboxylic acids is 1. The smallest absolute Gasteiger partial charge is 0.227 e. The van der Waals surface area contributed by atoms with Crippen LogP contribution >= 0.6 is 0 Å². The van der Waals surface area contributed by atoms with E-state index in [1.165, 1.54) is 12.8 Å². The molecule has 0 atom stereocenters. The first-order valence-corrected chi connectivity index (χ1v) is 8.64. The molecule has 2 heterocycles. The Morgan fingerprint density at radius 1 is 1.25 bits per heavy atom. The Kier molecular flexibility index (Phi) is 3.96. The number of hydrogen-bond acceptors (Lipinski definition) is 4. The summed E-state index contributed by atoms with van der Waals surface area (Å²) in [5.74, 6) is 1.63. The summed E-state index contributed by atoms with van der Waals surface area (Å²) in [6, 6.07) is 8.02. The maximum atomic E-state index is 12.4. The predicted molar refractivity (Wildman–Crippen MR) is 88.9 cm³/mol. The lowest BCUT2D eigenvalue weighted by atomic mass is 10.1. The summed E-state index contributed by atoms with van der Waals surface area (Å²) >= 11 is 0. The third-order valence-corrected chi connectivity index (χ3v) is 4.70. The molecular formula is C18H22N4O2. The van der Waals surface area contributed by atoms with E-state index in [0.29, 0.717) is 18.9 Å². The summed E-state index contributed by atoms with van der Waals surface area (Å²) in [4.78, 5) is 14.2. The highest BCUT2D eigenvalue weighted by Crippen LogP contribution is 2.39. The summed E-state index contributed by atoms with van der Waals surface area (Å²) < 4.78 is 7.35. The van der Waals surface area contributed by atoms with Crippen LogP contribution in [0.5, 0.6) is 5.75 Å². The van der Waals surface area contributed by atoms with Gasteiger partial charge in [-0.15, -0.1) is 5.10 Å². The van der Waals surface area contributed by atoms with Crippen LogP contribution in [0.3, 0.4) is 0 Å². The van der Waals surface area contributed by atoms with E-state index >= 15 is 0 Å². The van der Waals surface area contributed by atoms with Crippen molar-refractivity contribution < 1.29 is 9.53 Å². The molecule has 4 rings (SSSR count). The topological polar surface area (TPSA) is 60.2 Å². The van der Waals surface area contributed by atoms with Crippen LogP contribution in [0, 0.1) is 0 Å². The van der Waals surface area contributed by atoms with E-state index in [2.05, 4.69) is 16.5 Å². The second-order valence-electron chi connectivity index (χ2n) is 6.60. The quantitative estimate of drug-likeness (QED) is 0.816. The van der Waals surface area contributed by atoms with Crippen LogP contribution in [0.25, 0.3) is 0 Å². The van der Waals surface area contributed by atoms with Crippen molar-refractivity contribution in [3.8, 4) is 5.75 Å². The standard InChI is InChI=1S/C18H22N4O2/c1-2-24-16-7-3-13(4-8-16)9-18(23)21-10-15(11-21)22-12-17(19-20-22)14-5-6-14/h3-4,7-8,12,14-15H,2,5-6,9-11H2,1H3. The summed E-state index contributed by atoms with van der Waals surface area (Å²) in [5, 5.41) is 8.46. The fourth-order valence-electron chi connectivity index (χ4n) is 3.02. The number of likely N-dealkylation sites (tertiary alicyclic amines) is 1. The van der Waals surface area contributed by atoms with Gasteiger partial charge in [-0.05, 0) is 37.5 Å². The highest BCUT2D eigenvalue weighted by atomic mass is 16.5. The first-order valence-electron chi connectivity index (χ1n) is 8.64. The summed E-state index contributed by atoms with van der Waals surface area (Å²) in [6.07, 6.45) is 4.95. The van der Waals surface area contributed by atoms with Crippen molar-refractivity contribution in [3.63, 3.8) is 0 Å². The van der Waals surface area contributed by atoms with Gasteiger partial charge in [-0.2, -0.15) is 0 Å². The number of benzene rings is 1. The van der Waals surface area contributed by atoms with Gasteiger partial charge in [0.25, 0.3) is 0 Å². The SMILES string of the molecule is CCOc1ccc(CC(=O)N2CC(n3cc(C4CC4)nn3)C2)cc1. The molecule has 6 nitrogen and oxygen atoms in total. The lowest BCUT2D eigenvalue weighted by Gasteiger charge is -2.39. The van der Waals surface area contributed by atoms with E-state index < -0.39 is 0 Å². The van der Waals surface area contributed by atoms with Gasteiger partial charge in [0.15, 0.2) is 0 Å². The number of carbonyl (C=O) groups is 1. The Morgan fingerprint density at radius 2 is 2.00 bits per heavy atom. The molecule has 0 radical (unpaired) electrons. The summed E-state index contributed by atoms with van der Waals surface area (Å²) in [7, 11) is 0. The first kappa shape index (κ1) is 15.2. The predicted octanol–water partition coefficient (Wildman–Crippen LogP) is 2.18. The van der Waals surface area contributed by atoms with Gasteiger partial charge in [0, 0.05) is 25.2 Å². The monoisotopic (exact) mass is 326 g/mol. The molecule has 126 valence electrons. The molecule has 1 aliphatic carbocycles. The minimum absolute atomic E-state index is 0.165. The van der Waals surface area contributed by atoms with Crippen LogP contribution in [-0.2, 0) is 11.2 Å². The van der Waals surface area contributed by atoms with Crippen LogP contribution in [0.2, 0.25) is 0 Å². The number of rotatable bonds is 6. The Labute approximate surface area is 141 Å². The maximum Gasteiger partial charge on any atom is 0.227 e. The molecular weight excluding hydrogens is 304 g/mol. The van der Waals surface area contributed by atoms with Crippen molar-refractivity contribution in [3.05, 3.63) is 41.7 Å². The van der Waals surface area contributed by atoms with Crippen LogP contribution in [-0.4, -0.2) is 45.5 Å². The normalized spacial score (nSPS) is 17.6. The minimum Gasteiger partial charge on any atom is -0.494 e. The van der Waals surface area contributed by atoms with Gasteiger partial charge in [-0.1, -0.05) is 17.3 Å². The van der Waals surface area contributed by atoms with Crippen molar-refractivity contribution in [2.24, 2.45) is 0 Å². The summed E-state index contributed by atoms with van der Waals surface area (Å²) in [6.45, 7) is 4.06. The molecule has 1 aliphatic heterocycles. The molecule has 1 saturated carbocycles. The largest absolute Gasteiger partial charge is 0.494 e. The Morgan fingerprint density at radius 3 is 2.67 bits per heavy atom. The molecule has 1 aromatic carbocycles. The third kappa shape index (κ3) is 3.13. The van der Waals surface area contributed by atoms with E-state index in [4.69, 9.17) is 4.74 Å². The average Bonchev–Trinajstić information content (AvgIpc) is 3.27. The van der Waals surface area contributed by atoms with Crippen molar-refractivity contribution >= 4 is 5.91 Å². The van der Waals surface area contributed by atoms with Crippen LogP contribution in [0.15, 0.2) is 30.5 Å². The molecule has 1 saturated heterocycles. The van der Waals surface area contributed by atoms with Crippen LogP contribution in [0.4, 0.5) is 0 Å². The lowest BCUT2D eigenvalue weighted by molar-refractivity contribution is -0.136. The number of aromatic nitrogens is 3. The molecule has 1 aromatic heterocycles. The number of nitrogens with zero attached hydrogens (tertiary/aromatic N) is 4. The third-order valence-electron chi connectivity index (χ3n) is 4.70. The molecule has 2 fully saturated rings. The number of hydrogen-bond donors (Lipinski definition) is 0. The van der Waals surface area contributed by atoms with E-state index in [-0.39, 0.29) is 11.9 Å². The van der Waals surface area contributed by atoms with Gasteiger partial charge in [0.05, 0.1) is 24.8 Å². The molecule has 0 spiro atoms. The van der Waals surface area contributed by atoms with Gasteiger partial charge in [0.1, 0.15) is 5.75 Å². The van der Waals surface area contributed by atoms with Crippen LogP contribution < -0.4 is 4.74 Å². The number of amides is 1. The van der Waals surface area contributed by atoms with Gasteiger partial charge in [-0.25, -0.2) is 4.68 Å². The molecule has 0 unspecified atom stereocenters. The Hall–Kier alpha value is -2.37. The lowest BCUT2D eigenvalue weighted by Crippen LogP contribution is -2.51. The van der Waals surface area contributed by atoms with Crippen LogP contribution in [0.1, 0.15) is 43.0 Å². The summed E-state index contributed by atoms with van der Waals surface area (Å²) in [5.41, 5.74) is 2.12. The zero-order valence-corrected chi connectivity index (χ0v) is 13.9.